The molecule has 3 aliphatic heterocycles. The molecule has 8 heteroatoms. The van der Waals surface area contributed by atoms with Crippen LogP contribution < -0.4 is 5.32 Å². The Balaban J connectivity index is 1.32. The summed E-state index contributed by atoms with van der Waals surface area (Å²) in [4.78, 5) is 45.6. The first-order valence-corrected chi connectivity index (χ1v) is 16.5. The predicted octanol–water partition coefficient (Wildman–Crippen LogP) is 5.11. The van der Waals surface area contributed by atoms with E-state index in [4.69, 9.17) is 4.74 Å². The normalized spacial score (nSPS) is 27.1. The number of likely N-dealkylation sites (tertiary alicyclic amines) is 1. The molecule has 232 valence electrons. The summed E-state index contributed by atoms with van der Waals surface area (Å²) in [6.45, 7) is 8.58. The minimum atomic E-state index is -0.735. The highest BCUT2D eigenvalue weighted by Gasteiger charge is 2.50. The third kappa shape index (κ3) is 6.53. The van der Waals surface area contributed by atoms with E-state index in [1.54, 1.807) is 12.1 Å². The van der Waals surface area contributed by atoms with Crippen molar-refractivity contribution in [3.8, 4) is 0 Å². The van der Waals surface area contributed by atoms with Gasteiger partial charge in [0.25, 0.3) is 0 Å². The molecule has 7 nitrogen and oxygen atoms in total. The number of piperidine rings is 3. The Labute approximate surface area is 250 Å². The van der Waals surface area contributed by atoms with E-state index in [0.717, 1.165) is 57.1 Å². The van der Waals surface area contributed by atoms with Gasteiger partial charge in [-0.1, -0.05) is 31.4 Å². The molecule has 6 rings (SSSR count). The van der Waals surface area contributed by atoms with E-state index in [9.17, 15) is 18.8 Å². The molecule has 2 aliphatic carbocycles. The zero-order chi connectivity index (χ0) is 29.9. The fourth-order valence-electron chi connectivity index (χ4n) is 8.50. The Morgan fingerprint density at radius 3 is 2.33 bits per heavy atom. The highest BCUT2D eigenvalue weighted by molar-refractivity contribution is 5.89. The molecule has 2 amide bonds. The van der Waals surface area contributed by atoms with Crippen LogP contribution in [0.2, 0.25) is 0 Å². The molecule has 4 atom stereocenters. The van der Waals surface area contributed by atoms with E-state index < -0.39 is 11.5 Å². The van der Waals surface area contributed by atoms with Crippen LogP contribution in [0.5, 0.6) is 0 Å². The number of benzene rings is 1. The van der Waals surface area contributed by atoms with Gasteiger partial charge in [-0.25, -0.2) is 4.39 Å². The fourth-order valence-corrected chi connectivity index (χ4v) is 8.50. The van der Waals surface area contributed by atoms with Crippen molar-refractivity contribution < 1.29 is 23.5 Å². The van der Waals surface area contributed by atoms with E-state index in [1.165, 1.54) is 18.6 Å². The molecule has 1 N–H and O–H groups in total. The summed E-state index contributed by atoms with van der Waals surface area (Å²) in [7, 11) is 0. The van der Waals surface area contributed by atoms with Crippen LogP contribution in [-0.4, -0.2) is 72.0 Å². The summed E-state index contributed by atoms with van der Waals surface area (Å²) >= 11 is 0. The Hall–Kier alpha value is -2.48. The number of halogens is 1. The minimum absolute atomic E-state index is 0.0457. The van der Waals surface area contributed by atoms with Gasteiger partial charge >= 0.3 is 5.97 Å². The number of hydrogen-bond donors (Lipinski definition) is 1. The Morgan fingerprint density at radius 2 is 1.71 bits per heavy atom. The molecule has 0 radical (unpaired) electrons. The predicted molar refractivity (Wildman–Crippen MR) is 160 cm³/mol. The van der Waals surface area contributed by atoms with Gasteiger partial charge in [0, 0.05) is 38.1 Å². The zero-order valence-corrected chi connectivity index (χ0v) is 25.8. The lowest BCUT2D eigenvalue weighted by molar-refractivity contribution is -0.166. The maximum Gasteiger partial charge on any atom is 0.312 e. The van der Waals surface area contributed by atoms with Gasteiger partial charge in [-0.15, -0.1) is 0 Å². The third-order valence-corrected chi connectivity index (χ3v) is 10.8. The molecule has 5 fully saturated rings. The molecular weight excluding hydrogens is 533 g/mol. The van der Waals surface area contributed by atoms with Gasteiger partial charge in [0.2, 0.25) is 11.8 Å². The van der Waals surface area contributed by atoms with Crippen LogP contribution in [0.25, 0.3) is 0 Å². The van der Waals surface area contributed by atoms with Gasteiger partial charge < -0.3 is 15.0 Å². The number of amides is 2. The number of esters is 1. The number of carbonyl (C=O) groups excluding carboxylic acids is 3. The second-order valence-corrected chi connectivity index (χ2v) is 13.6. The smallest absolute Gasteiger partial charge is 0.312 e. The molecule has 0 unspecified atom stereocenters. The molecule has 0 spiro atoms. The van der Waals surface area contributed by atoms with Gasteiger partial charge in [-0.2, -0.15) is 0 Å². The maximum absolute atomic E-state index is 14.1. The maximum atomic E-state index is 14.1. The quantitative estimate of drug-likeness (QED) is 0.409. The molecule has 2 bridgehead atoms. The Kier molecular flexibility index (Phi) is 9.91. The van der Waals surface area contributed by atoms with E-state index in [1.807, 2.05) is 11.8 Å². The summed E-state index contributed by atoms with van der Waals surface area (Å²) < 4.78 is 19.3. The molecule has 3 saturated heterocycles. The van der Waals surface area contributed by atoms with Crippen molar-refractivity contribution in [2.75, 3.05) is 26.2 Å². The van der Waals surface area contributed by atoms with E-state index in [2.05, 4.69) is 24.1 Å². The lowest BCUT2D eigenvalue weighted by Gasteiger charge is -2.51. The molecule has 1 aromatic rings. The standard InChI is InChI=1S/C34H50FN3O4/c1-4-42-33(41)34(26-8-6-5-7-9-26)16-18-37(19-17-34)32(40)29(21-24-10-13-27(35)14-11-24)36-31(39)28-20-25-12-15-30(28)38(22-25)23(2)3/h10-11,13-14,23,25-26,28-30H,4-9,12,15-22H2,1-3H3,(H,36,39)/t25-,28+,29-,30+/m1/s1. The first kappa shape index (κ1) is 31.0. The largest absolute Gasteiger partial charge is 0.466 e. The molecular formula is C34H50FN3O4. The molecule has 42 heavy (non-hydrogen) atoms. The average Bonchev–Trinajstić information content (AvgIpc) is 3.02. The van der Waals surface area contributed by atoms with Crippen LogP contribution in [-0.2, 0) is 25.5 Å². The molecule has 1 aromatic carbocycles. The fraction of sp³-hybridized carbons (Fsp3) is 0.735. The topological polar surface area (TPSA) is 79.0 Å². The van der Waals surface area contributed by atoms with Crippen molar-refractivity contribution in [1.82, 2.24) is 15.1 Å². The van der Waals surface area contributed by atoms with Crippen LogP contribution in [0.15, 0.2) is 24.3 Å². The van der Waals surface area contributed by atoms with E-state index in [0.29, 0.717) is 56.8 Å². The molecule has 2 saturated carbocycles. The highest BCUT2D eigenvalue weighted by Crippen LogP contribution is 2.47. The van der Waals surface area contributed by atoms with E-state index >= 15 is 0 Å². The Morgan fingerprint density at radius 1 is 1.02 bits per heavy atom. The summed E-state index contributed by atoms with van der Waals surface area (Å²) in [6.07, 6.45) is 10.1. The summed E-state index contributed by atoms with van der Waals surface area (Å²) in [6, 6.07) is 6.03. The lowest BCUT2D eigenvalue weighted by Crippen LogP contribution is -2.61. The van der Waals surface area contributed by atoms with Gasteiger partial charge in [0.1, 0.15) is 11.9 Å². The van der Waals surface area contributed by atoms with Gasteiger partial charge in [-0.05, 0) is 95.2 Å². The number of hydrogen-bond acceptors (Lipinski definition) is 5. The van der Waals surface area contributed by atoms with Gasteiger partial charge in [0.05, 0.1) is 17.9 Å². The Bertz CT molecular complexity index is 1090. The van der Waals surface area contributed by atoms with Crippen LogP contribution in [0.3, 0.4) is 0 Å². The number of nitrogens with zero attached hydrogens (tertiary/aromatic N) is 2. The SMILES string of the molecule is CCOC(=O)C1(C2CCCCC2)CCN(C(=O)[C@@H](Cc2ccc(F)cc2)NC(=O)[C@H]2C[C@H]3CC[C@@H]2N(C(C)C)C3)CC1. The number of nitrogens with one attached hydrogen (secondary N) is 1. The van der Waals surface area contributed by atoms with Crippen LogP contribution in [0.4, 0.5) is 4.39 Å². The highest BCUT2D eigenvalue weighted by atomic mass is 19.1. The zero-order valence-electron chi connectivity index (χ0n) is 25.8. The first-order valence-electron chi connectivity index (χ1n) is 16.5. The van der Waals surface area contributed by atoms with Crippen molar-refractivity contribution in [1.29, 1.82) is 0 Å². The molecule has 3 heterocycles. The second kappa shape index (κ2) is 13.4. The second-order valence-electron chi connectivity index (χ2n) is 13.6. The number of fused-ring (bicyclic) bond motifs is 3. The van der Waals surface area contributed by atoms with Crippen LogP contribution in [0.1, 0.15) is 90.5 Å². The van der Waals surface area contributed by atoms with Crippen molar-refractivity contribution in [2.24, 2.45) is 23.2 Å². The number of rotatable bonds is 9. The van der Waals surface area contributed by atoms with Crippen LogP contribution >= 0.6 is 0 Å². The first-order chi connectivity index (χ1) is 20.2. The van der Waals surface area contributed by atoms with Gasteiger partial charge in [-0.3, -0.25) is 19.3 Å². The van der Waals surface area contributed by atoms with Crippen LogP contribution in [0, 0.1) is 29.0 Å². The summed E-state index contributed by atoms with van der Waals surface area (Å²) in [5, 5.41) is 3.18. The number of ether oxygens (including phenoxy) is 1. The van der Waals surface area contributed by atoms with E-state index in [-0.39, 0.29) is 35.6 Å². The monoisotopic (exact) mass is 583 g/mol. The van der Waals surface area contributed by atoms with Gasteiger partial charge in [0.15, 0.2) is 0 Å². The molecule has 0 aromatic heterocycles. The van der Waals surface area contributed by atoms with Crippen molar-refractivity contribution >= 4 is 17.8 Å². The third-order valence-electron chi connectivity index (χ3n) is 10.8. The van der Waals surface area contributed by atoms with Crippen molar-refractivity contribution in [3.63, 3.8) is 0 Å². The summed E-state index contributed by atoms with van der Waals surface area (Å²) in [5.74, 6) is 0.0766. The van der Waals surface area contributed by atoms with Crippen molar-refractivity contribution in [2.45, 2.75) is 110 Å². The minimum Gasteiger partial charge on any atom is -0.466 e. The summed E-state index contributed by atoms with van der Waals surface area (Å²) in [5.41, 5.74) is 0.272. The lowest BCUT2D eigenvalue weighted by atomic mass is 9.63. The number of carbonyl (C=O) groups is 3. The average molecular weight is 584 g/mol. The molecule has 5 aliphatic rings. The van der Waals surface area contributed by atoms with Crippen molar-refractivity contribution in [3.05, 3.63) is 35.6 Å².